The van der Waals surface area contributed by atoms with E-state index >= 15 is 0 Å². The van der Waals surface area contributed by atoms with Crippen LogP contribution in [0.1, 0.15) is 20.7 Å². The van der Waals surface area contributed by atoms with Crippen LogP contribution in [-0.2, 0) is 14.1 Å². The third-order valence-corrected chi connectivity index (χ3v) is 5.82. The van der Waals surface area contributed by atoms with Crippen molar-refractivity contribution in [3.63, 3.8) is 0 Å². The molecule has 1 aliphatic carbocycles. The summed E-state index contributed by atoms with van der Waals surface area (Å²) >= 11 is 6.25. The predicted molar refractivity (Wildman–Crippen MR) is 120 cm³/mol. The lowest BCUT2D eigenvalue weighted by Crippen LogP contribution is -2.23. The summed E-state index contributed by atoms with van der Waals surface area (Å²) in [6, 6.07) is 10.4. The van der Waals surface area contributed by atoms with Crippen LogP contribution in [0.2, 0.25) is 5.15 Å². The molecule has 0 unspecified atom stereocenters. The van der Waals surface area contributed by atoms with Gasteiger partial charge in [0.2, 0.25) is 5.49 Å². The van der Waals surface area contributed by atoms with Crippen LogP contribution >= 0.6 is 11.6 Å². The second-order valence-corrected chi connectivity index (χ2v) is 7.76. The van der Waals surface area contributed by atoms with Gasteiger partial charge in [-0.25, -0.2) is 4.79 Å². The molecule has 10 heteroatoms. The van der Waals surface area contributed by atoms with Gasteiger partial charge in [-0.2, -0.15) is 0 Å². The van der Waals surface area contributed by atoms with Crippen molar-refractivity contribution in [3.8, 4) is 11.3 Å². The number of benzene rings is 2. The van der Waals surface area contributed by atoms with Gasteiger partial charge in [-0.1, -0.05) is 22.4 Å². The molecule has 33 heavy (non-hydrogen) atoms. The first-order chi connectivity index (χ1) is 15.6. The van der Waals surface area contributed by atoms with Crippen molar-refractivity contribution in [1.29, 1.82) is 0 Å². The van der Waals surface area contributed by atoms with E-state index in [-0.39, 0.29) is 27.3 Å². The minimum atomic E-state index is -1.28. The van der Waals surface area contributed by atoms with E-state index in [1.165, 1.54) is 39.6 Å². The minimum Gasteiger partial charge on any atom is -0.545 e. The van der Waals surface area contributed by atoms with E-state index < -0.39 is 11.9 Å². The molecule has 1 aromatic heterocycles. The summed E-state index contributed by atoms with van der Waals surface area (Å²) < 4.78 is 4.44. The summed E-state index contributed by atoms with van der Waals surface area (Å²) in [5.41, 5.74) is 0.874. The van der Waals surface area contributed by atoms with Gasteiger partial charge in [0, 0.05) is 36.8 Å². The summed E-state index contributed by atoms with van der Waals surface area (Å²) in [4.78, 5) is 35.2. The molecule has 0 radical (unpaired) electrons. The van der Waals surface area contributed by atoms with Crippen molar-refractivity contribution in [2.24, 2.45) is 19.2 Å². The highest BCUT2D eigenvalue weighted by atomic mass is 35.5. The minimum absolute atomic E-state index is 0.0433. The fourth-order valence-corrected chi connectivity index (χ4v) is 3.91. The second-order valence-electron chi connectivity index (χ2n) is 7.40. The average Bonchev–Trinajstić information content (AvgIpc) is 2.77. The summed E-state index contributed by atoms with van der Waals surface area (Å²) in [6.07, 6.45) is 1.73. The van der Waals surface area contributed by atoms with E-state index in [1.807, 2.05) is 0 Å². The highest BCUT2D eigenvalue weighted by Crippen LogP contribution is 2.33. The Labute approximate surface area is 191 Å². The topological polar surface area (TPSA) is 120 Å². The van der Waals surface area contributed by atoms with Crippen molar-refractivity contribution in [2.75, 3.05) is 0 Å². The fraction of sp³-hybridized carbons (Fsp3) is 0.0870. The number of aromatic carboxylic acids is 2. The Morgan fingerprint density at radius 3 is 2.55 bits per heavy atom. The monoisotopic (exact) mass is 464 g/mol. The van der Waals surface area contributed by atoms with E-state index in [1.54, 1.807) is 37.0 Å². The lowest BCUT2D eigenvalue weighted by Gasteiger charge is -2.15. The number of carbonyl (C=O) groups excluding carboxylic acids is 1. The molecule has 2 aromatic rings. The van der Waals surface area contributed by atoms with Crippen molar-refractivity contribution < 1.29 is 24.5 Å². The Bertz CT molecular complexity index is 1600. The Hall–Kier alpha value is -4.24. The number of carbonyl (C=O) groups is 2. The van der Waals surface area contributed by atoms with E-state index in [9.17, 15) is 24.6 Å². The number of carboxylic acids is 2. The third kappa shape index (κ3) is 3.68. The normalized spacial score (nSPS) is 11.8. The molecular weight excluding hydrogens is 448 g/mol. The molecule has 9 nitrogen and oxygen atoms in total. The Morgan fingerprint density at radius 2 is 1.88 bits per heavy atom. The Kier molecular flexibility index (Phi) is 5.35. The summed E-state index contributed by atoms with van der Waals surface area (Å²) in [5.74, 6) is -2.53. The van der Waals surface area contributed by atoms with Crippen LogP contribution in [0.25, 0.3) is 22.0 Å². The largest absolute Gasteiger partial charge is 0.545 e. The molecule has 2 aliphatic rings. The number of hydrogen-bond acceptors (Lipinski definition) is 5. The standard InChI is InChI=1S/C23H17ClN4O5/c1-26-9-8-12-10-13(22(30)31)4-5-14(12)21(26)25-28(3)17-6-7-18(29)15-11-16(23(32)33)20(24)27(2)19(15)17/h4-11H,3H2,1-2H3,(H-,30,31,32,33). The van der Waals surface area contributed by atoms with E-state index in [4.69, 9.17) is 11.6 Å². The third-order valence-electron chi connectivity index (χ3n) is 5.36. The van der Waals surface area contributed by atoms with Crippen LogP contribution in [0.15, 0.2) is 58.6 Å². The van der Waals surface area contributed by atoms with Crippen LogP contribution in [0.3, 0.4) is 0 Å². The maximum absolute atomic E-state index is 12.5. The molecule has 1 aliphatic heterocycles. The van der Waals surface area contributed by atoms with Crippen molar-refractivity contribution >= 4 is 46.7 Å². The number of aromatic nitrogens is 2. The average molecular weight is 465 g/mol. The number of nitrogens with zero attached hydrogens (tertiary/aromatic N) is 4. The summed E-state index contributed by atoms with van der Waals surface area (Å²) in [7, 11) is 3.32. The van der Waals surface area contributed by atoms with Gasteiger partial charge in [-0.15, -0.1) is 0 Å². The zero-order valence-electron chi connectivity index (χ0n) is 17.6. The quantitative estimate of drug-likeness (QED) is 0.213. The van der Waals surface area contributed by atoms with E-state index in [0.29, 0.717) is 27.6 Å². The van der Waals surface area contributed by atoms with E-state index in [2.05, 4.69) is 11.8 Å². The SMILES string of the molecule is C=[N+](N=c1c2ccc(C(=O)[O-])cc2ccn1C)c1ccc(=O)c2cc(C(=O)O)c(Cl)n(C)c1-2. The van der Waals surface area contributed by atoms with Gasteiger partial charge in [-0.05, 0) is 41.3 Å². The molecule has 0 amide bonds. The number of rotatable bonds is 4. The van der Waals surface area contributed by atoms with Crippen molar-refractivity contribution in [3.05, 3.63) is 80.7 Å². The Balaban J connectivity index is 1.98. The van der Waals surface area contributed by atoms with Crippen LogP contribution in [0, 0.1) is 0 Å². The van der Waals surface area contributed by atoms with Gasteiger partial charge < -0.3 is 24.1 Å². The number of hydrogen-bond donors (Lipinski definition) is 1. The zero-order valence-corrected chi connectivity index (χ0v) is 18.3. The maximum atomic E-state index is 12.5. The first-order valence-electron chi connectivity index (χ1n) is 9.61. The summed E-state index contributed by atoms with van der Waals surface area (Å²) in [5, 5.41) is 26.5. The highest BCUT2D eigenvalue weighted by Gasteiger charge is 2.26. The molecule has 1 N–H and O–H groups in total. The fourth-order valence-electron chi connectivity index (χ4n) is 3.69. The molecule has 0 fully saturated rings. The molecule has 0 atom stereocenters. The Morgan fingerprint density at radius 1 is 1.15 bits per heavy atom. The number of fused-ring (bicyclic) bond motifs is 2. The van der Waals surface area contributed by atoms with Gasteiger partial charge in [0.25, 0.3) is 5.69 Å². The van der Waals surface area contributed by atoms with Gasteiger partial charge in [0.15, 0.2) is 12.1 Å². The van der Waals surface area contributed by atoms with Gasteiger partial charge in [0.05, 0.1) is 17.1 Å². The number of carboxylic acid groups (broad SMARTS) is 2. The molecule has 0 saturated carbocycles. The molecule has 4 rings (SSSR count). The second kappa shape index (κ2) is 8.03. The molecule has 2 heterocycles. The van der Waals surface area contributed by atoms with E-state index in [0.717, 1.165) is 0 Å². The van der Waals surface area contributed by atoms with Gasteiger partial charge in [0.1, 0.15) is 10.8 Å². The molecular formula is C23H17ClN4O5. The molecule has 0 saturated heterocycles. The first kappa shape index (κ1) is 22.0. The van der Waals surface area contributed by atoms with Crippen LogP contribution in [0.4, 0.5) is 5.69 Å². The molecule has 0 bridgehead atoms. The van der Waals surface area contributed by atoms with Crippen LogP contribution < -0.4 is 16.0 Å². The van der Waals surface area contributed by atoms with Crippen LogP contribution in [0.5, 0.6) is 0 Å². The molecule has 0 spiro atoms. The molecule has 166 valence electrons. The van der Waals surface area contributed by atoms with Crippen molar-refractivity contribution in [1.82, 2.24) is 9.13 Å². The molecule has 1 aromatic carbocycles. The van der Waals surface area contributed by atoms with Crippen molar-refractivity contribution in [2.45, 2.75) is 0 Å². The lowest BCUT2D eigenvalue weighted by molar-refractivity contribution is -0.441. The maximum Gasteiger partial charge on any atom is 0.338 e. The first-order valence-corrected chi connectivity index (χ1v) is 9.99. The smallest absolute Gasteiger partial charge is 0.338 e. The highest BCUT2D eigenvalue weighted by molar-refractivity contribution is 6.32. The number of halogens is 1. The van der Waals surface area contributed by atoms with Crippen LogP contribution in [-0.4, -0.2) is 37.6 Å². The predicted octanol–water partition coefficient (Wildman–Crippen LogP) is 1.56. The zero-order chi connectivity index (χ0) is 24.0. The lowest BCUT2D eigenvalue weighted by atomic mass is 10.0. The number of pyridine rings is 2. The summed E-state index contributed by atoms with van der Waals surface area (Å²) in [6.45, 7) is 3.98. The number of aryl methyl sites for hydroxylation is 1. The van der Waals surface area contributed by atoms with Gasteiger partial charge >= 0.3 is 5.97 Å². The van der Waals surface area contributed by atoms with Gasteiger partial charge in [-0.3, -0.25) is 4.79 Å².